The van der Waals surface area contributed by atoms with Crippen molar-refractivity contribution in [2.45, 2.75) is 19.4 Å². The lowest BCUT2D eigenvalue weighted by Gasteiger charge is -2.23. The van der Waals surface area contributed by atoms with E-state index in [0.717, 1.165) is 44.3 Å². The Balaban J connectivity index is 1.53. The summed E-state index contributed by atoms with van der Waals surface area (Å²) in [5.74, 6) is 0.606. The maximum atomic E-state index is 5.10. The highest BCUT2D eigenvalue weighted by Crippen LogP contribution is 2.38. The van der Waals surface area contributed by atoms with Gasteiger partial charge in [-0.2, -0.15) is 5.10 Å². The van der Waals surface area contributed by atoms with Crippen LogP contribution in [0.25, 0.3) is 22.2 Å². The Kier molecular flexibility index (Phi) is 5.63. The van der Waals surface area contributed by atoms with Crippen LogP contribution >= 0.6 is 15.9 Å². The topological polar surface area (TPSA) is 41.4 Å². The molecule has 1 aliphatic rings. The van der Waals surface area contributed by atoms with E-state index < -0.39 is 0 Å². The zero-order valence-electron chi connectivity index (χ0n) is 19.3. The Labute approximate surface area is 213 Å². The molecule has 0 saturated carbocycles. The van der Waals surface area contributed by atoms with Crippen molar-refractivity contribution in [3.05, 3.63) is 124 Å². The molecule has 0 radical (unpaired) electrons. The van der Waals surface area contributed by atoms with Crippen LogP contribution in [-0.4, -0.2) is 15.7 Å². The van der Waals surface area contributed by atoms with E-state index in [2.05, 4.69) is 83.5 Å². The van der Waals surface area contributed by atoms with Crippen molar-refractivity contribution in [3.63, 3.8) is 0 Å². The van der Waals surface area contributed by atoms with Gasteiger partial charge in [-0.15, -0.1) is 0 Å². The monoisotopic (exact) mass is 518 g/mol. The number of benzene rings is 4. The first-order valence-electron chi connectivity index (χ1n) is 11.7. The Morgan fingerprint density at radius 2 is 1.54 bits per heavy atom. The molecule has 35 heavy (non-hydrogen) atoms. The van der Waals surface area contributed by atoms with Gasteiger partial charge in [-0.25, -0.2) is 15.0 Å². The number of aromatic nitrogens is 2. The van der Waals surface area contributed by atoms with Gasteiger partial charge in [-0.3, -0.25) is 0 Å². The molecule has 1 unspecified atom stereocenters. The van der Waals surface area contributed by atoms with E-state index in [0.29, 0.717) is 5.95 Å². The number of nitrogens with zero attached hydrogens (tertiary/aromatic N) is 4. The quantitative estimate of drug-likeness (QED) is 0.244. The van der Waals surface area contributed by atoms with Gasteiger partial charge in [0, 0.05) is 21.8 Å². The lowest BCUT2D eigenvalue weighted by molar-refractivity contribution is 0.688. The molecular weight excluding hydrogens is 496 g/mol. The van der Waals surface area contributed by atoms with Crippen molar-refractivity contribution < 1.29 is 0 Å². The van der Waals surface area contributed by atoms with Gasteiger partial charge in [0.15, 0.2) is 0 Å². The van der Waals surface area contributed by atoms with Crippen molar-refractivity contribution in [1.82, 2.24) is 9.97 Å². The van der Waals surface area contributed by atoms with Crippen LogP contribution < -0.4 is 5.01 Å². The summed E-state index contributed by atoms with van der Waals surface area (Å²) in [5, 5.41) is 8.12. The Morgan fingerprint density at radius 1 is 0.771 bits per heavy atom. The highest BCUT2D eigenvalue weighted by atomic mass is 79.9. The van der Waals surface area contributed by atoms with Gasteiger partial charge in [0.2, 0.25) is 5.95 Å². The summed E-state index contributed by atoms with van der Waals surface area (Å²) in [5.41, 5.74) is 7.45. The smallest absolute Gasteiger partial charge is 0.223 e. The average molecular weight is 519 g/mol. The summed E-state index contributed by atoms with van der Waals surface area (Å²) in [7, 11) is 0. The molecule has 0 spiro atoms. The minimum absolute atomic E-state index is 0.00594. The van der Waals surface area contributed by atoms with Crippen LogP contribution in [0.5, 0.6) is 0 Å². The predicted octanol–water partition coefficient (Wildman–Crippen LogP) is 7.72. The first-order valence-corrected chi connectivity index (χ1v) is 12.5. The summed E-state index contributed by atoms with van der Waals surface area (Å²) in [4.78, 5) is 10.1. The fourth-order valence-electron chi connectivity index (χ4n) is 4.57. The normalized spacial score (nSPS) is 15.4. The minimum atomic E-state index is -0.00594. The molecule has 0 saturated heterocycles. The Morgan fingerprint density at radius 3 is 2.34 bits per heavy atom. The fraction of sp³-hybridized carbons (Fsp3) is 0.100. The third-order valence-electron chi connectivity index (χ3n) is 6.37. The molecule has 0 aliphatic carbocycles. The molecule has 2 heterocycles. The molecule has 1 aliphatic heterocycles. The van der Waals surface area contributed by atoms with Crippen LogP contribution in [-0.2, 0) is 0 Å². The van der Waals surface area contributed by atoms with Crippen LogP contribution in [0.4, 0.5) is 5.95 Å². The summed E-state index contributed by atoms with van der Waals surface area (Å²) < 4.78 is 1.04. The molecule has 4 aromatic carbocycles. The number of hydrazone groups is 1. The number of hydrogen-bond donors (Lipinski definition) is 0. The zero-order chi connectivity index (χ0) is 23.8. The summed E-state index contributed by atoms with van der Waals surface area (Å²) in [6, 6.07) is 35.4. The van der Waals surface area contributed by atoms with Gasteiger partial charge >= 0.3 is 0 Å². The zero-order valence-corrected chi connectivity index (χ0v) is 20.9. The van der Waals surface area contributed by atoms with Crippen molar-refractivity contribution in [3.8, 4) is 11.3 Å². The molecule has 5 heteroatoms. The van der Waals surface area contributed by atoms with E-state index >= 15 is 0 Å². The summed E-state index contributed by atoms with van der Waals surface area (Å²) >= 11 is 3.64. The maximum absolute atomic E-state index is 5.10. The number of fused-ring (bicyclic) bond motifs is 1. The summed E-state index contributed by atoms with van der Waals surface area (Å²) in [6.45, 7) is 2.10. The second-order valence-corrected chi connectivity index (χ2v) is 9.70. The molecule has 170 valence electrons. The van der Waals surface area contributed by atoms with Gasteiger partial charge in [-0.1, -0.05) is 106 Å². The number of anilines is 1. The molecule has 0 fully saturated rings. The van der Waals surface area contributed by atoms with E-state index in [-0.39, 0.29) is 6.04 Å². The lowest BCUT2D eigenvalue weighted by Crippen LogP contribution is -2.21. The van der Waals surface area contributed by atoms with Gasteiger partial charge in [-0.05, 0) is 36.2 Å². The van der Waals surface area contributed by atoms with E-state index in [9.17, 15) is 0 Å². The van der Waals surface area contributed by atoms with Crippen molar-refractivity contribution >= 4 is 38.5 Å². The molecule has 1 aromatic heterocycles. The second-order valence-electron chi connectivity index (χ2n) is 8.79. The maximum Gasteiger partial charge on any atom is 0.247 e. The Bertz CT molecular complexity index is 1540. The first kappa shape index (κ1) is 21.7. The molecule has 0 bridgehead atoms. The van der Waals surface area contributed by atoms with E-state index in [1.54, 1.807) is 0 Å². The van der Waals surface area contributed by atoms with Gasteiger partial charge in [0.05, 0.1) is 23.0 Å². The van der Waals surface area contributed by atoms with Crippen molar-refractivity contribution in [2.75, 3.05) is 5.01 Å². The molecule has 0 N–H and O–H groups in total. The lowest BCUT2D eigenvalue weighted by atomic mass is 9.98. The number of aryl methyl sites for hydroxylation is 1. The number of halogens is 1. The third kappa shape index (κ3) is 4.24. The number of rotatable bonds is 4. The second kappa shape index (κ2) is 9.08. The largest absolute Gasteiger partial charge is 0.247 e. The highest BCUT2D eigenvalue weighted by molar-refractivity contribution is 9.10. The third-order valence-corrected chi connectivity index (χ3v) is 6.87. The predicted molar refractivity (Wildman–Crippen MR) is 147 cm³/mol. The van der Waals surface area contributed by atoms with Gasteiger partial charge in [0.1, 0.15) is 0 Å². The molecule has 1 atom stereocenters. The van der Waals surface area contributed by atoms with E-state index in [4.69, 9.17) is 15.1 Å². The first-order chi connectivity index (χ1) is 17.2. The molecular formula is C30H23BrN4. The Hall–Kier alpha value is -3.83. The van der Waals surface area contributed by atoms with Crippen LogP contribution in [0, 0.1) is 6.92 Å². The van der Waals surface area contributed by atoms with E-state index in [1.165, 1.54) is 11.1 Å². The van der Waals surface area contributed by atoms with Crippen LogP contribution in [0.15, 0.2) is 113 Å². The number of para-hydroxylation sites is 1. The van der Waals surface area contributed by atoms with Gasteiger partial charge < -0.3 is 0 Å². The summed E-state index contributed by atoms with van der Waals surface area (Å²) in [6.07, 6.45) is 0.774. The van der Waals surface area contributed by atoms with Crippen LogP contribution in [0.1, 0.15) is 29.2 Å². The SMILES string of the molecule is Cc1ccc(C2=NN(c3nc(-c4ccccc4)c4ccccc4n3)C(c3cccc(Br)c3)C2)cc1. The van der Waals surface area contributed by atoms with E-state index in [1.807, 2.05) is 47.5 Å². The molecule has 6 rings (SSSR count). The molecule has 5 aromatic rings. The average Bonchev–Trinajstić information content (AvgIpc) is 3.35. The minimum Gasteiger partial charge on any atom is -0.223 e. The molecule has 4 nitrogen and oxygen atoms in total. The highest BCUT2D eigenvalue weighted by Gasteiger charge is 2.32. The number of hydrogen-bond acceptors (Lipinski definition) is 4. The molecule has 0 amide bonds. The van der Waals surface area contributed by atoms with Crippen molar-refractivity contribution in [2.24, 2.45) is 5.10 Å². The van der Waals surface area contributed by atoms with Crippen LogP contribution in [0.2, 0.25) is 0 Å². The fourth-order valence-corrected chi connectivity index (χ4v) is 4.99. The standard InChI is InChI=1S/C30H23BrN4/c1-20-14-16-21(17-15-20)27-19-28(23-10-7-11-24(31)18-23)35(34-27)30-32-26-13-6-5-12-25(26)29(33-30)22-8-3-2-4-9-22/h2-18,28H,19H2,1H3. The van der Waals surface area contributed by atoms with Gasteiger partial charge in [0.25, 0.3) is 0 Å². The van der Waals surface area contributed by atoms with Crippen molar-refractivity contribution in [1.29, 1.82) is 0 Å². The van der Waals surface area contributed by atoms with Crippen LogP contribution in [0.3, 0.4) is 0 Å².